The Kier molecular flexibility index (Phi) is 4.41. The van der Waals surface area contributed by atoms with E-state index in [0.717, 1.165) is 19.8 Å². The van der Waals surface area contributed by atoms with Crippen molar-refractivity contribution in [1.82, 2.24) is 0 Å². The van der Waals surface area contributed by atoms with Gasteiger partial charge >= 0.3 is 6.36 Å². The minimum atomic E-state index is -4.68. The molecule has 0 aliphatic carbocycles. The molecule has 0 bridgehead atoms. The zero-order chi connectivity index (χ0) is 14.9. The molecule has 0 spiro atoms. The van der Waals surface area contributed by atoms with Gasteiger partial charge in [-0.25, -0.2) is 0 Å². The van der Waals surface area contributed by atoms with Gasteiger partial charge in [0.15, 0.2) is 0 Å². The highest BCUT2D eigenvalue weighted by Gasteiger charge is 2.31. The molecular weight excluding hydrogens is 355 g/mol. The normalized spacial score (nSPS) is 13.3. The Labute approximate surface area is 126 Å². The van der Waals surface area contributed by atoms with E-state index < -0.39 is 6.36 Å². The fraction of sp³-hybridized carbons (Fsp3) is 0.231. The molecule has 2 aromatic rings. The van der Waals surface area contributed by atoms with Crippen molar-refractivity contribution in [2.24, 2.45) is 5.73 Å². The summed E-state index contributed by atoms with van der Waals surface area (Å²) < 4.78 is 41.0. The molecule has 0 saturated heterocycles. The molecule has 0 unspecified atom stereocenters. The number of hydrogen-bond donors (Lipinski definition) is 1. The van der Waals surface area contributed by atoms with Crippen molar-refractivity contribution in [3.63, 3.8) is 0 Å². The molecule has 1 heterocycles. The lowest BCUT2D eigenvalue weighted by molar-refractivity contribution is -0.274. The molecule has 0 saturated carbocycles. The molecule has 20 heavy (non-hydrogen) atoms. The first-order valence-electron chi connectivity index (χ1n) is 5.63. The molecular formula is C13H11BrF3NOS. The molecule has 2 N–H and O–H groups in total. The molecule has 2 rings (SSSR count). The summed E-state index contributed by atoms with van der Waals surface area (Å²) in [7, 11) is 0. The summed E-state index contributed by atoms with van der Waals surface area (Å²) >= 11 is 4.93. The van der Waals surface area contributed by atoms with E-state index in [1.54, 1.807) is 0 Å². The molecule has 0 amide bonds. The van der Waals surface area contributed by atoms with Crippen molar-refractivity contribution in [1.29, 1.82) is 0 Å². The Morgan fingerprint density at radius 1 is 1.25 bits per heavy atom. The maximum Gasteiger partial charge on any atom is 0.573 e. The average Bonchev–Trinajstić information content (AvgIpc) is 2.68. The summed E-state index contributed by atoms with van der Waals surface area (Å²) in [6.07, 6.45) is -4.68. The number of rotatable bonds is 3. The number of benzene rings is 1. The summed E-state index contributed by atoms with van der Waals surface area (Å²) in [4.78, 5) is 0.943. The van der Waals surface area contributed by atoms with E-state index in [4.69, 9.17) is 5.73 Å². The van der Waals surface area contributed by atoms with E-state index in [1.165, 1.54) is 35.6 Å². The molecule has 108 valence electrons. The van der Waals surface area contributed by atoms with Crippen LogP contribution in [0.1, 0.15) is 22.0 Å². The Morgan fingerprint density at radius 3 is 2.30 bits per heavy atom. The second-order valence-electron chi connectivity index (χ2n) is 4.20. The predicted octanol–water partition coefficient (Wildman–Crippen LogP) is 4.77. The van der Waals surface area contributed by atoms with Crippen molar-refractivity contribution in [3.05, 3.63) is 50.1 Å². The minimum Gasteiger partial charge on any atom is -0.406 e. The van der Waals surface area contributed by atoms with Gasteiger partial charge in [-0.3, -0.25) is 0 Å². The van der Waals surface area contributed by atoms with Gasteiger partial charge in [0, 0.05) is 4.88 Å². The Bertz CT molecular complexity index is 575. The van der Waals surface area contributed by atoms with Gasteiger partial charge < -0.3 is 10.5 Å². The van der Waals surface area contributed by atoms with Crippen LogP contribution in [0.5, 0.6) is 5.75 Å². The molecule has 0 aliphatic rings. The average molecular weight is 366 g/mol. The zero-order valence-corrected chi connectivity index (χ0v) is 12.8. The highest BCUT2D eigenvalue weighted by Crippen LogP contribution is 2.33. The first-order chi connectivity index (χ1) is 9.26. The number of thiophene rings is 1. The molecule has 0 fully saturated rings. The fourth-order valence-corrected chi connectivity index (χ4v) is 3.28. The Morgan fingerprint density at radius 2 is 1.85 bits per heavy atom. The SMILES string of the molecule is Cc1cc([C@@H](N)c2ccc(OC(F)(F)F)cc2)sc1Br. The number of aryl methyl sites for hydroxylation is 1. The van der Waals surface area contributed by atoms with Crippen LogP contribution in [0.15, 0.2) is 34.1 Å². The van der Waals surface area contributed by atoms with Crippen LogP contribution in [0.25, 0.3) is 0 Å². The molecule has 1 atom stereocenters. The molecule has 7 heteroatoms. The number of hydrogen-bond acceptors (Lipinski definition) is 3. The van der Waals surface area contributed by atoms with Crippen LogP contribution < -0.4 is 10.5 Å². The van der Waals surface area contributed by atoms with Gasteiger partial charge in [0.05, 0.1) is 9.83 Å². The van der Waals surface area contributed by atoms with E-state index in [9.17, 15) is 13.2 Å². The summed E-state index contributed by atoms with van der Waals surface area (Å²) in [5.74, 6) is -0.253. The van der Waals surface area contributed by atoms with Gasteiger partial charge in [-0.1, -0.05) is 12.1 Å². The maximum absolute atomic E-state index is 12.1. The lowest BCUT2D eigenvalue weighted by atomic mass is 10.1. The monoisotopic (exact) mass is 365 g/mol. The maximum atomic E-state index is 12.1. The topological polar surface area (TPSA) is 35.2 Å². The smallest absolute Gasteiger partial charge is 0.406 e. The minimum absolute atomic E-state index is 0.253. The molecule has 2 nitrogen and oxygen atoms in total. The predicted molar refractivity (Wildman–Crippen MR) is 75.9 cm³/mol. The van der Waals surface area contributed by atoms with E-state index in [0.29, 0.717) is 0 Å². The van der Waals surface area contributed by atoms with Crippen LogP contribution in [0.2, 0.25) is 0 Å². The largest absolute Gasteiger partial charge is 0.573 e. The number of halogens is 4. The quantitative estimate of drug-likeness (QED) is 0.850. The van der Waals surface area contributed by atoms with Gasteiger partial charge in [0.25, 0.3) is 0 Å². The second kappa shape index (κ2) is 5.75. The molecule has 0 aliphatic heterocycles. The highest BCUT2D eigenvalue weighted by atomic mass is 79.9. The van der Waals surface area contributed by atoms with Crippen LogP contribution in [-0.4, -0.2) is 6.36 Å². The summed E-state index contributed by atoms with van der Waals surface area (Å²) in [5.41, 5.74) is 7.91. The summed E-state index contributed by atoms with van der Waals surface area (Å²) in [6, 6.07) is 7.18. The Hall–Kier alpha value is -1.05. The van der Waals surface area contributed by atoms with Gasteiger partial charge in [0.2, 0.25) is 0 Å². The lowest BCUT2D eigenvalue weighted by Crippen LogP contribution is -2.17. The van der Waals surface area contributed by atoms with Gasteiger partial charge in [-0.15, -0.1) is 24.5 Å². The van der Waals surface area contributed by atoms with Crippen molar-refractivity contribution in [3.8, 4) is 5.75 Å². The summed E-state index contributed by atoms with van der Waals surface area (Å²) in [5, 5.41) is 0. The van der Waals surface area contributed by atoms with E-state index >= 15 is 0 Å². The van der Waals surface area contributed by atoms with Crippen molar-refractivity contribution >= 4 is 27.3 Å². The third kappa shape index (κ3) is 3.74. The van der Waals surface area contributed by atoms with Crippen molar-refractivity contribution in [2.45, 2.75) is 19.3 Å². The third-order valence-electron chi connectivity index (χ3n) is 2.66. The van der Waals surface area contributed by atoms with Crippen LogP contribution in [0.3, 0.4) is 0 Å². The standard InChI is InChI=1S/C13H11BrF3NOS/c1-7-6-10(20-12(7)14)11(18)8-2-4-9(5-3-8)19-13(15,16)17/h2-6,11H,18H2,1H3/t11-/m0/s1. The van der Waals surface area contributed by atoms with Gasteiger partial charge in [-0.2, -0.15) is 0 Å². The first-order valence-corrected chi connectivity index (χ1v) is 7.24. The van der Waals surface area contributed by atoms with Crippen molar-refractivity contribution in [2.75, 3.05) is 0 Å². The highest BCUT2D eigenvalue weighted by molar-refractivity contribution is 9.11. The number of alkyl halides is 3. The van der Waals surface area contributed by atoms with Crippen LogP contribution in [0.4, 0.5) is 13.2 Å². The van der Waals surface area contributed by atoms with E-state index in [1.807, 2.05) is 13.0 Å². The van der Waals surface area contributed by atoms with Crippen LogP contribution >= 0.6 is 27.3 Å². The van der Waals surface area contributed by atoms with Gasteiger partial charge in [-0.05, 0) is 52.2 Å². The zero-order valence-electron chi connectivity index (χ0n) is 10.4. The van der Waals surface area contributed by atoms with Crippen LogP contribution in [-0.2, 0) is 0 Å². The second-order valence-corrected chi connectivity index (χ2v) is 6.60. The first kappa shape index (κ1) is 15.3. The van der Waals surface area contributed by atoms with Gasteiger partial charge in [0.1, 0.15) is 5.75 Å². The van der Waals surface area contributed by atoms with Crippen molar-refractivity contribution < 1.29 is 17.9 Å². The van der Waals surface area contributed by atoms with E-state index in [2.05, 4.69) is 20.7 Å². The molecule has 0 radical (unpaired) electrons. The number of nitrogens with two attached hydrogens (primary N) is 1. The number of ether oxygens (including phenoxy) is 1. The Balaban J connectivity index is 2.17. The summed E-state index contributed by atoms with van der Waals surface area (Å²) in [6.45, 7) is 1.96. The third-order valence-corrected chi connectivity index (χ3v) is 4.88. The fourth-order valence-electron chi connectivity index (χ4n) is 1.68. The molecule has 1 aromatic heterocycles. The lowest BCUT2D eigenvalue weighted by Gasteiger charge is -2.12. The van der Waals surface area contributed by atoms with Crippen LogP contribution in [0, 0.1) is 6.92 Å². The van der Waals surface area contributed by atoms with E-state index in [-0.39, 0.29) is 11.8 Å². The molecule has 1 aromatic carbocycles.